The van der Waals surface area contributed by atoms with E-state index in [2.05, 4.69) is 27.2 Å². The maximum Gasteiger partial charge on any atom is 0.234 e. The average Bonchev–Trinajstić information content (AvgIpc) is 2.79. The van der Waals surface area contributed by atoms with Gasteiger partial charge in [0.2, 0.25) is 5.91 Å². The van der Waals surface area contributed by atoms with Crippen LogP contribution in [0.1, 0.15) is 38.5 Å². The quantitative estimate of drug-likeness (QED) is 0.774. The lowest BCUT2D eigenvalue weighted by Crippen LogP contribution is -2.47. The van der Waals surface area contributed by atoms with Crippen molar-refractivity contribution in [1.82, 2.24) is 10.2 Å². The molecule has 0 aromatic heterocycles. The van der Waals surface area contributed by atoms with Gasteiger partial charge in [0.1, 0.15) is 19.6 Å². The largest absolute Gasteiger partial charge is 0.486 e. The maximum absolute atomic E-state index is 11.6. The first-order chi connectivity index (χ1) is 14.7. The Labute approximate surface area is 178 Å². The molecule has 30 heavy (non-hydrogen) atoms. The summed E-state index contributed by atoms with van der Waals surface area (Å²) in [7, 11) is 0. The summed E-state index contributed by atoms with van der Waals surface area (Å²) in [5.41, 5.74) is 1.22. The van der Waals surface area contributed by atoms with E-state index in [-0.39, 0.29) is 18.4 Å². The average molecular weight is 413 g/mol. The fourth-order valence-corrected chi connectivity index (χ4v) is 4.77. The number of benzene rings is 1. The van der Waals surface area contributed by atoms with Gasteiger partial charge in [-0.1, -0.05) is 0 Å². The molecule has 1 saturated heterocycles. The van der Waals surface area contributed by atoms with Crippen LogP contribution in [0, 0.1) is 17.2 Å². The highest BCUT2D eigenvalue weighted by atomic mass is 16.6. The van der Waals surface area contributed by atoms with Crippen molar-refractivity contribution in [2.45, 2.75) is 44.6 Å². The molecule has 0 radical (unpaired) electrons. The second kappa shape index (κ2) is 10.0. The Bertz CT molecular complexity index is 762. The number of anilines is 1. The molecule has 7 nitrogen and oxygen atoms in total. The van der Waals surface area contributed by atoms with Crippen LogP contribution in [0.2, 0.25) is 0 Å². The molecule has 3 aliphatic rings. The minimum atomic E-state index is -0.128. The van der Waals surface area contributed by atoms with E-state index in [4.69, 9.17) is 14.7 Å². The van der Waals surface area contributed by atoms with Crippen LogP contribution in [0.5, 0.6) is 11.5 Å². The second-order valence-electron chi connectivity index (χ2n) is 8.57. The van der Waals surface area contributed by atoms with Crippen LogP contribution in [0.15, 0.2) is 18.2 Å². The van der Waals surface area contributed by atoms with Crippen molar-refractivity contribution >= 4 is 11.6 Å². The van der Waals surface area contributed by atoms with Crippen LogP contribution in [0.3, 0.4) is 0 Å². The molecule has 0 bridgehead atoms. The number of nitrogens with zero attached hydrogens (tertiary/aromatic N) is 3. The summed E-state index contributed by atoms with van der Waals surface area (Å²) in [5.74, 6) is 2.34. The summed E-state index contributed by atoms with van der Waals surface area (Å²) in [5, 5.41) is 11.6. The molecular formula is C23H32N4O3. The van der Waals surface area contributed by atoms with E-state index in [1.165, 1.54) is 24.9 Å². The van der Waals surface area contributed by atoms with Gasteiger partial charge in [0.15, 0.2) is 11.5 Å². The molecule has 2 heterocycles. The van der Waals surface area contributed by atoms with Gasteiger partial charge < -0.3 is 19.7 Å². The van der Waals surface area contributed by atoms with E-state index >= 15 is 0 Å². The van der Waals surface area contributed by atoms with Crippen molar-refractivity contribution in [3.05, 3.63) is 18.2 Å². The SMILES string of the molecule is N#CCC(=O)NC1CCC(CCN2CCN(c3ccc4c(c3)OCCO4)CC2)CC1. The normalized spacial score (nSPS) is 24.2. The lowest BCUT2D eigenvalue weighted by molar-refractivity contribution is -0.121. The van der Waals surface area contributed by atoms with Crippen LogP contribution in [-0.2, 0) is 4.79 Å². The molecule has 0 spiro atoms. The molecule has 1 saturated carbocycles. The Kier molecular flexibility index (Phi) is 6.96. The highest BCUT2D eigenvalue weighted by molar-refractivity contribution is 5.78. The molecule has 1 aromatic rings. The molecule has 4 rings (SSSR count). The van der Waals surface area contributed by atoms with E-state index in [0.29, 0.717) is 13.2 Å². The van der Waals surface area contributed by atoms with Crippen molar-refractivity contribution in [3.8, 4) is 17.6 Å². The number of amides is 1. The summed E-state index contributed by atoms with van der Waals surface area (Å²) in [6.07, 6.45) is 5.64. The summed E-state index contributed by atoms with van der Waals surface area (Å²) in [4.78, 5) is 16.6. The van der Waals surface area contributed by atoms with E-state index < -0.39 is 0 Å². The predicted molar refractivity (Wildman–Crippen MR) is 115 cm³/mol. The number of nitrogens with one attached hydrogen (secondary N) is 1. The summed E-state index contributed by atoms with van der Waals surface area (Å²) < 4.78 is 11.3. The van der Waals surface area contributed by atoms with Gasteiger partial charge in [-0.2, -0.15) is 5.26 Å². The number of hydrogen-bond acceptors (Lipinski definition) is 6. The van der Waals surface area contributed by atoms with E-state index in [1.807, 2.05) is 12.1 Å². The Hall–Kier alpha value is -2.46. The number of rotatable bonds is 6. The topological polar surface area (TPSA) is 77.8 Å². The second-order valence-corrected chi connectivity index (χ2v) is 8.57. The first-order valence-electron chi connectivity index (χ1n) is 11.2. The molecule has 1 aliphatic carbocycles. The van der Waals surface area contributed by atoms with Crippen molar-refractivity contribution < 1.29 is 14.3 Å². The Morgan fingerprint density at radius 3 is 2.53 bits per heavy atom. The monoisotopic (exact) mass is 412 g/mol. The standard InChI is InChI=1S/C23H32N4O3/c24-9-7-23(28)25-19-3-1-18(2-4-19)8-10-26-11-13-27(14-12-26)20-5-6-21-22(17-20)30-16-15-29-21/h5-6,17-19H,1-4,7-8,10-16H2,(H,25,28). The number of nitriles is 1. The molecule has 1 N–H and O–H groups in total. The lowest BCUT2D eigenvalue weighted by Gasteiger charge is -2.37. The molecule has 1 amide bonds. The van der Waals surface area contributed by atoms with Crippen LogP contribution in [0.4, 0.5) is 5.69 Å². The van der Waals surface area contributed by atoms with Gasteiger partial charge >= 0.3 is 0 Å². The third kappa shape index (κ3) is 5.37. The van der Waals surface area contributed by atoms with Gasteiger partial charge in [0, 0.05) is 44.0 Å². The third-order valence-corrected chi connectivity index (χ3v) is 6.57. The smallest absolute Gasteiger partial charge is 0.234 e. The van der Waals surface area contributed by atoms with Gasteiger partial charge in [0.05, 0.1) is 6.07 Å². The minimum Gasteiger partial charge on any atom is -0.486 e. The molecule has 2 fully saturated rings. The summed E-state index contributed by atoms with van der Waals surface area (Å²) >= 11 is 0. The zero-order valence-corrected chi connectivity index (χ0v) is 17.6. The summed E-state index contributed by atoms with van der Waals surface area (Å²) in [6.45, 7) is 6.67. The predicted octanol–water partition coefficient (Wildman–Crippen LogP) is 2.56. The fraction of sp³-hybridized carbons (Fsp3) is 0.652. The van der Waals surface area contributed by atoms with E-state index in [1.54, 1.807) is 0 Å². The van der Waals surface area contributed by atoms with Crippen molar-refractivity contribution in [3.63, 3.8) is 0 Å². The van der Waals surface area contributed by atoms with Gasteiger partial charge in [0.25, 0.3) is 0 Å². The van der Waals surface area contributed by atoms with Gasteiger partial charge in [-0.25, -0.2) is 0 Å². The Morgan fingerprint density at radius 1 is 1.07 bits per heavy atom. The van der Waals surface area contributed by atoms with Gasteiger partial charge in [-0.3, -0.25) is 9.69 Å². The Balaban J connectivity index is 1.16. The van der Waals surface area contributed by atoms with Gasteiger partial charge in [-0.05, 0) is 56.7 Å². The van der Waals surface area contributed by atoms with Crippen LogP contribution in [-0.4, -0.2) is 62.8 Å². The van der Waals surface area contributed by atoms with Crippen molar-refractivity contribution in [1.29, 1.82) is 5.26 Å². The number of fused-ring (bicyclic) bond motifs is 1. The maximum atomic E-state index is 11.6. The first-order valence-corrected chi connectivity index (χ1v) is 11.2. The number of hydrogen-bond donors (Lipinski definition) is 1. The molecule has 0 atom stereocenters. The van der Waals surface area contributed by atoms with Gasteiger partial charge in [-0.15, -0.1) is 0 Å². The zero-order chi connectivity index (χ0) is 20.8. The molecule has 7 heteroatoms. The van der Waals surface area contributed by atoms with Crippen molar-refractivity contribution in [2.24, 2.45) is 5.92 Å². The lowest BCUT2D eigenvalue weighted by atomic mass is 9.84. The molecule has 2 aliphatic heterocycles. The number of carbonyl (C=O) groups is 1. The highest BCUT2D eigenvalue weighted by Crippen LogP contribution is 2.34. The van der Waals surface area contributed by atoms with E-state index in [0.717, 1.165) is 63.0 Å². The third-order valence-electron chi connectivity index (χ3n) is 6.57. The number of piperazine rings is 1. The first kappa shape index (κ1) is 20.8. The molecule has 162 valence electrons. The fourth-order valence-electron chi connectivity index (χ4n) is 4.77. The minimum absolute atomic E-state index is 0.0296. The van der Waals surface area contributed by atoms with E-state index in [9.17, 15) is 4.79 Å². The van der Waals surface area contributed by atoms with Crippen LogP contribution in [0.25, 0.3) is 0 Å². The number of carbonyl (C=O) groups excluding carboxylic acids is 1. The van der Waals surface area contributed by atoms with Crippen LogP contribution >= 0.6 is 0 Å². The Morgan fingerprint density at radius 2 is 1.80 bits per heavy atom. The highest BCUT2D eigenvalue weighted by Gasteiger charge is 2.24. The number of ether oxygens (including phenoxy) is 2. The zero-order valence-electron chi connectivity index (χ0n) is 17.6. The van der Waals surface area contributed by atoms with Crippen molar-refractivity contribution in [2.75, 3.05) is 50.8 Å². The molecule has 1 aromatic carbocycles. The van der Waals surface area contributed by atoms with Crippen LogP contribution < -0.4 is 19.7 Å². The molecular weight excluding hydrogens is 380 g/mol. The summed E-state index contributed by atoms with van der Waals surface area (Å²) in [6, 6.07) is 8.45. The molecule has 0 unspecified atom stereocenters.